The molecule has 4 aromatic rings. The predicted molar refractivity (Wildman–Crippen MR) is 130 cm³/mol. The van der Waals surface area contributed by atoms with Crippen molar-refractivity contribution >= 4 is 39.0 Å². The molecule has 2 aromatic heterocycles. The summed E-state index contributed by atoms with van der Waals surface area (Å²) in [4.78, 5) is 11.7. The molecule has 1 aliphatic heterocycles. The first kappa shape index (κ1) is 20.4. The Morgan fingerprint density at radius 2 is 1.85 bits per heavy atom. The molecule has 0 spiro atoms. The van der Waals surface area contributed by atoms with Crippen molar-refractivity contribution in [3.05, 3.63) is 48.2 Å². The van der Waals surface area contributed by atoms with E-state index in [0.717, 1.165) is 35.2 Å². The minimum absolute atomic E-state index is 0.347. The van der Waals surface area contributed by atoms with Gasteiger partial charge in [0.15, 0.2) is 5.82 Å². The summed E-state index contributed by atoms with van der Waals surface area (Å²) < 4.78 is 16.3. The van der Waals surface area contributed by atoms with Gasteiger partial charge in [0.1, 0.15) is 17.7 Å². The lowest BCUT2D eigenvalue weighted by Gasteiger charge is -2.38. The molecule has 2 fully saturated rings. The molecule has 8 heteroatoms. The number of benzene rings is 2. The number of halogens is 1. The van der Waals surface area contributed by atoms with Crippen LogP contribution in [-0.4, -0.2) is 44.9 Å². The predicted octanol–water partition coefficient (Wildman–Crippen LogP) is 4.46. The van der Waals surface area contributed by atoms with E-state index in [-0.39, 0.29) is 5.82 Å². The zero-order valence-electron chi connectivity index (χ0n) is 19.1. The highest BCUT2D eigenvalue weighted by Gasteiger charge is 2.29. The Kier molecular flexibility index (Phi) is 4.72. The molecule has 0 radical (unpaired) electrons. The SMILES string of the molecule is CC1CN(c2cc(C3CC3)c3c(Nc4cc(F)c5nn(C)cc5c4)ncnc3c2)CC(C)N1. The average Bonchev–Trinajstić information content (AvgIpc) is 3.54. The summed E-state index contributed by atoms with van der Waals surface area (Å²) in [5.41, 5.74) is 4.46. The van der Waals surface area contributed by atoms with E-state index < -0.39 is 0 Å². The first-order chi connectivity index (χ1) is 15.9. The first-order valence-corrected chi connectivity index (χ1v) is 11.6. The number of aromatic nitrogens is 4. The molecule has 2 aliphatic rings. The molecule has 1 aliphatic carbocycles. The monoisotopic (exact) mass is 445 g/mol. The topological polar surface area (TPSA) is 70.9 Å². The van der Waals surface area contributed by atoms with E-state index in [1.807, 2.05) is 12.3 Å². The van der Waals surface area contributed by atoms with Crippen molar-refractivity contribution in [1.29, 1.82) is 0 Å². The van der Waals surface area contributed by atoms with Gasteiger partial charge in [-0.25, -0.2) is 14.4 Å². The fourth-order valence-electron chi connectivity index (χ4n) is 5.16. The van der Waals surface area contributed by atoms with Crippen molar-refractivity contribution in [2.24, 2.45) is 7.05 Å². The van der Waals surface area contributed by atoms with Gasteiger partial charge in [-0.2, -0.15) is 5.10 Å². The summed E-state index contributed by atoms with van der Waals surface area (Å²) in [7, 11) is 1.80. The smallest absolute Gasteiger partial charge is 0.153 e. The molecule has 170 valence electrons. The second kappa shape index (κ2) is 7.66. The Morgan fingerprint density at radius 1 is 1.06 bits per heavy atom. The number of hydrogen-bond acceptors (Lipinski definition) is 6. The minimum atomic E-state index is -0.347. The molecule has 7 nitrogen and oxygen atoms in total. The van der Waals surface area contributed by atoms with Crippen LogP contribution in [-0.2, 0) is 7.05 Å². The van der Waals surface area contributed by atoms with Gasteiger partial charge in [-0.3, -0.25) is 4.68 Å². The van der Waals surface area contributed by atoms with Gasteiger partial charge in [-0.15, -0.1) is 0 Å². The van der Waals surface area contributed by atoms with E-state index in [9.17, 15) is 4.39 Å². The maximum Gasteiger partial charge on any atom is 0.153 e. The lowest BCUT2D eigenvalue weighted by atomic mass is 10.0. The summed E-state index contributed by atoms with van der Waals surface area (Å²) in [6, 6.07) is 8.77. The Bertz CT molecular complexity index is 1350. The van der Waals surface area contributed by atoms with Crippen LogP contribution in [0, 0.1) is 5.82 Å². The Hall–Kier alpha value is -3.26. The highest BCUT2D eigenvalue weighted by Crippen LogP contribution is 2.46. The molecule has 2 N–H and O–H groups in total. The number of nitrogens with zero attached hydrogens (tertiary/aromatic N) is 5. The van der Waals surface area contributed by atoms with E-state index in [4.69, 9.17) is 0 Å². The number of nitrogens with one attached hydrogen (secondary N) is 2. The molecular formula is C25H28FN7. The Labute approximate surface area is 192 Å². The van der Waals surface area contributed by atoms with Gasteiger partial charge in [-0.1, -0.05) is 0 Å². The molecule has 33 heavy (non-hydrogen) atoms. The molecule has 0 amide bonds. The largest absolute Gasteiger partial charge is 0.368 e. The van der Waals surface area contributed by atoms with Crippen LogP contribution in [0.3, 0.4) is 0 Å². The van der Waals surface area contributed by atoms with Crippen molar-refractivity contribution in [3.8, 4) is 0 Å². The third-order valence-electron chi connectivity index (χ3n) is 6.63. The zero-order chi connectivity index (χ0) is 22.7. The Morgan fingerprint density at radius 3 is 2.61 bits per heavy atom. The van der Waals surface area contributed by atoms with Gasteiger partial charge in [0.2, 0.25) is 0 Å². The second-order valence-electron chi connectivity index (χ2n) is 9.62. The molecular weight excluding hydrogens is 417 g/mol. The van der Waals surface area contributed by atoms with Gasteiger partial charge in [-0.05, 0) is 62.4 Å². The maximum atomic E-state index is 14.7. The number of anilines is 3. The summed E-state index contributed by atoms with van der Waals surface area (Å²) in [6.07, 6.45) is 5.77. The summed E-state index contributed by atoms with van der Waals surface area (Å²) in [5.74, 6) is 0.896. The van der Waals surface area contributed by atoms with Crippen molar-refractivity contribution in [3.63, 3.8) is 0 Å². The van der Waals surface area contributed by atoms with Crippen molar-refractivity contribution in [1.82, 2.24) is 25.1 Å². The van der Waals surface area contributed by atoms with E-state index in [1.54, 1.807) is 18.1 Å². The highest BCUT2D eigenvalue weighted by atomic mass is 19.1. The van der Waals surface area contributed by atoms with Gasteiger partial charge in [0.05, 0.1) is 5.52 Å². The van der Waals surface area contributed by atoms with Gasteiger partial charge in [0.25, 0.3) is 0 Å². The van der Waals surface area contributed by atoms with E-state index in [0.29, 0.717) is 29.2 Å². The number of hydrogen-bond donors (Lipinski definition) is 2. The molecule has 2 atom stereocenters. The molecule has 0 bridgehead atoms. The zero-order valence-corrected chi connectivity index (χ0v) is 19.1. The van der Waals surface area contributed by atoms with E-state index >= 15 is 0 Å². The van der Waals surface area contributed by atoms with E-state index in [1.165, 1.54) is 30.2 Å². The normalized spacial score (nSPS) is 21.2. The van der Waals surface area contributed by atoms with Crippen molar-refractivity contribution in [2.45, 2.75) is 44.7 Å². The van der Waals surface area contributed by atoms with Crippen molar-refractivity contribution in [2.75, 3.05) is 23.3 Å². The maximum absolute atomic E-state index is 14.7. The number of aryl methyl sites for hydroxylation is 1. The van der Waals surface area contributed by atoms with Gasteiger partial charge >= 0.3 is 0 Å². The van der Waals surface area contributed by atoms with Crippen LogP contribution in [0.1, 0.15) is 38.2 Å². The lowest BCUT2D eigenvalue weighted by molar-refractivity contribution is 0.407. The van der Waals surface area contributed by atoms with Crippen LogP contribution in [0.25, 0.3) is 21.8 Å². The van der Waals surface area contributed by atoms with Crippen LogP contribution in [0.2, 0.25) is 0 Å². The standard InChI is InChI=1S/C25H28FN7/c1-14-10-33(11-15(2)29-14)19-8-20(16-4-5-16)23-22(9-19)27-13-28-25(23)30-18-6-17-12-32(3)31-24(17)21(26)7-18/h6-9,12-16,29H,4-5,10-11H2,1-3H3,(H,27,28,30). The quantitative estimate of drug-likeness (QED) is 0.483. The minimum Gasteiger partial charge on any atom is -0.368 e. The van der Waals surface area contributed by atoms with E-state index in [2.05, 4.69) is 56.6 Å². The third-order valence-corrected chi connectivity index (χ3v) is 6.63. The second-order valence-corrected chi connectivity index (χ2v) is 9.62. The number of rotatable bonds is 4. The van der Waals surface area contributed by atoms with Crippen LogP contribution in [0.5, 0.6) is 0 Å². The van der Waals surface area contributed by atoms with Gasteiger partial charge in [0, 0.05) is 60.6 Å². The summed E-state index contributed by atoms with van der Waals surface area (Å²) in [5, 5.41) is 13.0. The Balaban J connectivity index is 1.43. The average molecular weight is 446 g/mol. The van der Waals surface area contributed by atoms with Crippen LogP contribution < -0.4 is 15.5 Å². The van der Waals surface area contributed by atoms with Crippen molar-refractivity contribution < 1.29 is 4.39 Å². The van der Waals surface area contributed by atoms with Crippen LogP contribution in [0.4, 0.5) is 21.6 Å². The van der Waals surface area contributed by atoms with Crippen LogP contribution in [0.15, 0.2) is 36.8 Å². The number of piperazine rings is 1. The van der Waals surface area contributed by atoms with Gasteiger partial charge < -0.3 is 15.5 Å². The first-order valence-electron chi connectivity index (χ1n) is 11.6. The fraction of sp³-hybridized carbons (Fsp3) is 0.400. The molecule has 1 saturated heterocycles. The molecule has 6 rings (SSSR count). The molecule has 3 heterocycles. The van der Waals surface area contributed by atoms with Crippen LogP contribution >= 0.6 is 0 Å². The lowest BCUT2D eigenvalue weighted by Crippen LogP contribution is -2.54. The molecule has 2 aromatic carbocycles. The third kappa shape index (κ3) is 3.78. The summed E-state index contributed by atoms with van der Waals surface area (Å²) in [6.45, 7) is 6.41. The molecule has 1 saturated carbocycles. The number of fused-ring (bicyclic) bond motifs is 2. The summed E-state index contributed by atoms with van der Waals surface area (Å²) >= 11 is 0. The highest BCUT2D eigenvalue weighted by molar-refractivity contribution is 5.97. The molecule has 2 unspecified atom stereocenters. The fourth-order valence-corrected chi connectivity index (χ4v) is 5.16.